The molecule has 1 aromatic heterocycles. The molecular formula is C15H20N2O. The molecule has 0 N–H and O–H groups in total. The maximum absolute atomic E-state index is 5.67. The van der Waals surface area contributed by atoms with Crippen molar-refractivity contribution in [1.82, 2.24) is 9.78 Å². The first-order valence-corrected chi connectivity index (χ1v) is 6.31. The monoisotopic (exact) mass is 244 g/mol. The molecule has 0 aliphatic carbocycles. The summed E-state index contributed by atoms with van der Waals surface area (Å²) in [6.07, 6.45) is 0. The highest BCUT2D eigenvalue weighted by molar-refractivity contribution is 5.36. The minimum atomic E-state index is 0.0197. The third-order valence-corrected chi connectivity index (χ3v) is 2.74. The van der Waals surface area contributed by atoms with Crippen LogP contribution >= 0.6 is 0 Å². The van der Waals surface area contributed by atoms with E-state index in [0.29, 0.717) is 6.61 Å². The van der Waals surface area contributed by atoms with Crippen molar-refractivity contribution >= 4 is 0 Å². The molecular weight excluding hydrogens is 224 g/mol. The van der Waals surface area contributed by atoms with Gasteiger partial charge in [-0.3, -0.25) is 0 Å². The number of para-hydroxylation sites is 1. The van der Waals surface area contributed by atoms with Crippen molar-refractivity contribution in [2.24, 2.45) is 0 Å². The Morgan fingerprint density at radius 3 is 2.39 bits per heavy atom. The molecule has 0 bridgehead atoms. The molecule has 0 aliphatic rings. The molecule has 96 valence electrons. The standard InChI is InChI=1S/C15H20N2O/c1-5-18-14-11-13(15(2,3)4)16-17(14)12-9-7-6-8-10-12/h6-11H,5H2,1-4H3. The van der Waals surface area contributed by atoms with E-state index in [1.807, 2.05) is 48.0 Å². The summed E-state index contributed by atoms with van der Waals surface area (Å²) in [5.41, 5.74) is 2.08. The normalized spacial score (nSPS) is 11.6. The van der Waals surface area contributed by atoms with Crippen molar-refractivity contribution < 1.29 is 4.74 Å². The van der Waals surface area contributed by atoms with Gasteiger partial charge in [0.05, 0.1) is 18.0 Å². The third kappa shape index (κ3) is 2.55. The van der Waals surface area contributed by atoms with Gasteiger partial charge in [-0.1, -0.05) is 39.0 Å². The lowest BCUT2D eigenvalue weighted by atomic mass is 9.93. The molecule has 0 spiro atoms. The summed E-state index contributed by atoms with van der Waals surface area (Å²) in [5.74, 6) is 0.800. The quantitative estimate of drug-likeness (QED) is 0.825. The molecule has 0 fully saturated rings. The van der Waals surface area contributed by atoms with Crippen LogP contribution in [0.15, 0.2) is 36.4 Å². The van der Waals surface area contributed by atoms with Gasteiger partial charge in [-0.15, -0.1) is 0 Å². The summed E-state index contributed by atoms with van der Waals surface area (Å²) < 4.78 is 7.53. The molecule has 3 heteroatoms. The average Bonchev–Trinajstić information content (AvgIpc) is 2.75. The lowest BCUT2D eigenvalue weighted by molar-refractivity contribution is 0.316. The van der Waals surface area contributed by atoms with Crippen LogP contribution in [0.1, 0.15) is 33.4 Å². The van der Waals surface area contributed by atoms with Crippen LogP contribution in [0.5, 0.6) is 5.88 Å². The number of aromatic nitrogens is 2. The molecule has 0 atom stereocenters. The molecule has 18 heavy (non-hydrogen) atoms. The Kier molecular flexibility index (Phi) is 3.41. The second-order valence-electron chi connectivity index (χ2n) is 5.30. The molecule has 2 rings (SSSR count). The smallest absolute Gasteiger partial charge is 0.216 e. The van der Waals surface area contributed by atoms with Crippen LogP contribution in [-0.2, 0) is 5.41 Å². The summed E-state index contributed by atoms with van der Waals surface area (Å²) in [7, 11) is 0. The summed E-state index contributed by atoms with van der Waals surface area (Å²) in [6, 6.07) is 12.1. The molecule has 1 aromatic carbocycles. The zero-order chi connectivity index (χ0) is 13.2. The Bertz CT molecular complexity index is 509. The van der Waals surface area contributed by atoms with E-state index in [1.54, 1.807) is 0 Å². The van der Waals surface area contributed by atoms with Gasteiger partial charge < -0.3 is 4.74 Å². The number of hydrogen-bond donors (Lipinski definition) is 0. The van der Waals surface area contributed by atoms with E-state index in [-0.39, 0.29) is 5.41 Å². The van der Waals surface area contributed by atoms with Crippen LogP contribution in [0.4, 0.5) is 0 Å². The molecule has 0 radical (unpaired) electrons. The third-order valence-electron chi connectivity index (χ3n) is 2.74. The number of rotatable bonds is 3. The van der Waals surface area contributed by atoms with E-state index in [0.717, 1.165) is 17.3 Å². The van der Waals surface area contributed by atoms with Crippen molar-refractivity contribution in [2.45, 2.75) is 33.1 Å². The first kappa shape index (κ1) is 12.7. The fraction of sp³-hybridized carbons (Fsp3) is 0.400. The van der Waals surface area contributed by atoms with Gasteiger partial charge in [0.15, 0.2) is 0 Å². The molecule has 0 amide bonds. The van der Waals surface area contributed by atoms with Crippen LogP contribution in [0.25, 0.3) is 5.69 Å². The van der Waals surface area contributed by atoms with Crippen molar-refractivity contribution in [3.05, 3.63) is 42.1 Å². The fourth-order valence-electron chi connectivity index (χ4n) is 1.74. The Balaban J connectivity index is 2.49. The SMILES string of the molecule is CCOc1cc(C(C)(C)C)nn1-c1ccccc1. The molecule has 0 aliphatic heterocycles. The summed E-state index contributed by atoms with van der Waals surface area (Å²) in [4.78, 5) is 0. The van der Waals surface area contributed by atoms with Gasteiger partial charge in [-0.25, -0.2) is 4.68 Å². The van der Waals surface area contributed by atoms with Gasteiger partial charge in [0.25, 0.3) is 0 Å². The van der Waals surface area contributed by atoms with Gasteiger partial charge in [-0.2, -0.15) is 5.10 Å². The minimum absolute atomic E-state index is 0.0197. The predicted octanol–water partition coefficient (Wildman–Crippen LogP) is 3.57. The van der Waals surface area contributed by atoms with Crippen LogP contribution in [0, 0.1) is 0 Å². The highest BCUT2D eigenvalue weighted by Gasteiger charge is 2.20. The molecule has 0 saturated carbocycles. The van der Waals surface area contributed by atoms with Crippen LogP contribution in [0.3, 0.4) is 0 Å². The van der Waals surface area contributed by atoms with Gasteiger partial charge in [-0.05, 0) is 19.1 Å². The van der Waals surface area contributed by atoms with E-state index in [4.69, 9.17) is 4.74 Å². The number of nitrogens with zero attached hydrogens (tertiary/aromatic N) is 2. The second kappa shape index (κ2) is 4.84. The van der Waals surface area contributed by atoms with Gasteiger partial charge in [0.2, 0.25) is 5.88 Å². The van der Waals surface area contributed by atoms with E-state index in [9.17, 15) is 0 Å². The lowest BCUT2D eigenvalue weighted by Gasteiger charge is -2.13. The number of ether oxygens (including phenoxy) is 1. The largest absolute Gasteiger partial charge is 0.478 e. The zero-order valence-electron chi connectivity index (χ0n) is 11.5. The lowest BCUT2D eigenvalue weighted by Crippen LogP contribution is -2.12. The Morgan fingerprint density at radius 1 is 1.17 bits per heavy atom. The number of hydrogen-bond acceptors (Lipinski definition) is 2. The second-order valence-corrected chi connectivity index (χ2v) is 5.30. The number of benzene rings is 1. The summed E-state index contributed by atoms with van der Waals surface area (Å²) >= 11 is 0. The van der Waals surface area contributed by atoms with Crippen molar-refractivity contribution in [3.8, 4) is 11.6 Å². The summed E-state index contributed by atoms with van der Waals surface area (Å²) in [5, 5.41) is 4.66. The maximum atomic E-state index is 5.67. The first-order valence-electron chi connectivity index (χ1n) is 6.31. The van der Waals surface area contributed by atoms with E-state index in [2.05, 4.69) is 25.9 Å². The average molecular weight is 244 g/mol. The maximum Gasteiger partial charge on any atom is 0.216 e. The van der Waals surface area contributed by atoms with E-state index in [1.165, 1.54) is 0 Å². The predicted molar refractivity (Wildman–Crippen MR) is 73.4 cm³/mol. The van der Waals surface area contributed by atoms with Crippen molar-refractivity contribution in [1.29, 1.82) is 0 Å². The van der Waals surface area contributed by atoms with E-state index < -0.39 is 0 Å². The molecule has 1 heterocycles. The fourth-order valence-corrected chi connectivity index (χ4v) is 1.74. The van der Waals surface area contributed by atoms with Crippen molar-refractivity contribution in [2.75, 3.05) is 6.61 Å². The Morgan fingerprint density at radius 2 is 1.83 bits per heavy atom. The Hall–Kier alpha value is -1.77. The van der Waals surface area contributed by atoms with E-state index >= 15 is 0 Å². The van der Waals surface area contributed by atoms with Crippen LogP contribution < -0.4 is 4.74 Å². The molecule has 2 aromatic rings. The molecule has 3 nitrogen and oxygen atoms in total. The Labute approximate surface area is 108 Å². The van der Waals surface area contributed by atoms with Crippen LogP contribution in [-0.4, -0.2) is 16.4 Å². The highest BCUT2D eigenvalue weighted by Crippen LogP contribution is 2.27. The first-order chi connectivity index (χ1) is 8.52. The van der Waals surface area contributed by atoms with Gasteiger partial charge in [0.1, 0.15) is 0 Å². The highest BCUT2D eigenvalue weighted by atomic mass is 16.5. The van der Waals surface area contributed by atoms with Gasteiger partial charge >= 0.3 is 0 Å². The van der Waals surface area contributed by atoms with Crippen molar-refractivity contribution in [3.63, 3.8) is 0 Å². The zero-order valence-corrected chi connectivity index (χ0v) is 11.5. The van der Waals surface area contributed by atoms with Crippen LogP contribution in [0.2, 0.25) is 0 Å². The minimum Gasteiger partial charge on any atom is -0.478 e. The summed E-state index contributed by atoms with van der Waals surface area (Å²) in [6.45, 7) is 9.09. The van der Waals surface area contributed by atoms with Gasteiger partial charge in [0, 0.05) is 11.5 Å². The topological polar surface area (TPSA) is 27.1 Å². The molecule has 0 unspecified atom stereocenters. The molecule has 0 saturated heterocycles.